The number of amides is 2. The van der Waals surface area contributed by atoms with E-state index >= 15 is 0 Å². The van der Waals surface area contributed by atoms with Gasteiger partial charge in [-0.3, -0.25) is 9.59 Å². The Morgan fingerprint density at radius 3 is 2.83 bits per heavy atom. The van der Waals surface area contributed by atoms with Crippen molar-refractivity contribution in [3.8, 4) is 0 Å². The number of halogens is 1. The quantitative estimate of drug-likeness (QED) is 0.879. The number of nitrogens with one attached hydrogen (secondary N) is 1. The van der Waals surface area contributed by atoms with Crippen molar-refractivity contribution in [2.75, 3.05) is 31.3 Å². The first-order valence-electron chi connectivity index (χ1n) is 7.70. The van der Waals surface area contributed by atoms with Crippen LogP contribution < -0.4 is 5.32 Å². The minimum atomic E-state index is -0.361. The number of carbonyl (C=O) groups excluding carboxylic acids is 2. The van der Waals surface area contributed by atoms with Crippen molar-refractivity contribution in [1.82, 2.24) is 15.1 Å². The highest BCUT2D eigenvalue weighted by Crippen LogP contribution is 2.31. The Hall–Kier alpha value is -1.24. The van der Waals surface area contributed by atoms with Gasteiger partial charge in [0.05, 0.1) is 11.9 Å². The van der Waals surface area contributed by atoms with E-state index in [2.05, 4.69) is 5.32 Å². The summed E-state index contributed by atoms with van der Waals surface area (Å²) in [6.07, 6.45) is 0. The summed E-state index contributed by atoms with van der Waals surface area (Å²) in [6.45, 7) is 3.58. The van der Waals surface area contributed by atoms with E-state index in [-0.39, 0.29) is 23.9 Å². The van der Waals surface area contributed by atoms with Gasteiger partial charge in [-0.25, -0.2) is 0 Å². The first-order valence-corrected chi connectivity index (χ1v) is 9.23. The van der Waals surface area contributed by atoms with Crippen molar-refractivity contribution in [1.29, 1.82) is 0 Å². The average molecular weight is 354 g/mol. The molecule has 2 heterocycles. The third-order valence-corrected chi connectivity index (χ3v) is 5.72. The van der Waals surface area contributed by atoms with Crippen LogP contribution in [0.4, 0.5) is 0 Å². The number of hydrogen-bond acceptors (Lipinski definition) is 4. The van der Waals surface area contributed by atoms with E-state index in [0.29, 0.717) is 29.7 Å². The van der Waals surface area contributed by atoms with Gasteiger partial charge in [0, 0.05) is 37.3 Å². The summed E-state index contributed by atoms with van der Waals surface area (Å²) in [4.78, 5) is 28.4. The molecule has 1 aromatic carbocycles. The minimum absolute atomic E-state index is 0.0246. The molecule has 0 aromatic heterocycles. The molecular formula is C16H20ClN3O2S. The van der Waals surface area contributed by atoms with Crippen LogP contribution in [0.1, 0.15) is 18.5 Å². The maximum absolute atomic E-state index is 13.1. The largest absolute Gasteiger partial charge is 0.331 e. The van der Waals surface area contributed by atoms with Crippen LogP contribution in [0, 0.1) is 0 Å². The van der Waals surface area contributed by atoms with E-state index in [1.54, 1.807) is 16.7 Å². The van der Waals surface area contributed by atoms with Crippen LogP contribution >= 0.6 is 23.4 Å². The van der Waals surface area contributed by atoms with Gasteiger partial charge in [-0.05, 0) is 11.6 Å². The Morgan fingerprint density at radius 1 is 1.30 bits per heavy atom. The molecule has 0 bridgehead atoms. The van der Waals surface area contributed by atoms with E-state index in [0.717, 1.165) is 12.1 Å². The molecule has 2 amide bonds. The Labute approximate surface area is 145 Å². The van der Waals surface area contributed by atoms with Crippen LogP contribution in [-0.4, -0.2) is 58.9 Å². The highest BCUT2D eigenvalue weighted by molar-refractivity contribution is 7.99. The second-order valence-corrected chi connectivity index (χ2v) is 7.18. The number of piperazine rings is 1. The molecule has 124 valence electrons. The van der Waals surface area contributed by atoms with E-state index in [4.69, 9.17) is 11.6 Å². The van der Waals surface area contributed by atoms with Crippen molar-refractivity contribution in [3.63, 3.8) is 0 Å². The topological polar surface area (TPSA) is 52.7 Å². The molecule has 7 heteroatoms. The molecule has 2 unspecified atom stereocenters. The lowest BCUT2D eigenvalue weighted by molar-refractivity contribution is -0.144. The first kappa shape index (κ1) is 16.6. The Morgan fingerprint density at radius 2 is 2.09 bits per heavy atom. The van der Waals surface area contributed by atoms with Gasteiger partial charge in [0.2, 0.25) is 11.8 Å². The monoisotopic (exact) mass is 353 g/mol. The lowest BCUT2D eigenvalue weighted by Crippen LogP contribution is -2.55. The number of carbonyl (C=O) groups is 2. The van der Waals surface area contributed by atoms with Crippen molar-refractivity contribution in [2.24, 2.45) is 0 Å². The fourth-order valence-corrected chi connectivity index (χ4v) is 4.61. The van der Waals surface area contributed by atoms with Gasteiger partial charge >= 0.3 is 0 Å². The smallest absolute Gasteiger partial charge is 0.246 e. The second-order valence-electron chi connectivity index (χ2n) is 5.78. The summed E-state index contributed by atoms with van der Waals surface area (Å²) in [5.41, 5.74) is 0.953. The third kappa shape index (κ3) is 3.34. The van der Waals surface area contributed by atoms with Crippen LogP contribution in [0.2, 0.25) is 5.02 Å². The molecule has 0 radical (unpaired) electrons. The van der Waals surface area contributed by atoms with Gasteiger partial charge in [-0.2, -0.15) is 0 Å². The second kappa shape index (κ2) is 7.11. The summed E-state index contributed by atoms with van der Waals surface area (Å²) >= 11 is 7.96. The summed E-state index contributed by atoms with van der Waals surface area (Å²) in [7, 11) is 0. The molecule has 2 aliphatic heterocycles. The summed E-state index contributed by atoms with van der Waals surface area (Å²) in [5, 5.41) is 4.00. The van der Waals surface area contributed by atoms with Crippen LogP contribution in [0.3, 0.4) is 0 Å². The van der Waals surface area contributed by atoms with Gasteiger partial charge in [-0.1, -0.05) is 29.8 Å². The lowest BCUT2D eigenvalue weighted by atomic mass is 10.0. The van der Waals surface area contributed by atoms with E-state index in [9.17, 15) is 9.59 Å². The molecule has 5 nitrogen and oxygen atoms in total. The lowest BCUT2D eigenvalue weighted by Gasteiger charge is -2.39. The van der Waals surface area contributed by atoms with E-state index in [1.165, 1.54) is 6.92 Å². The zero-order valence-corrected chi connectivity index (χ0v) is 14.6. The van der Waals surface area contributed by atoms with Crippen LogP contribution in [0.15, 0.2) is 24.3 Å². The fourth-order valence-electron chi connectivity index (χ4n) is 3.14. The minimum Gasteiger partial charge on any atom is -0.331 e. The molecule has 0 aliphatic carbocycles. The highest BCUT2D eigenvalue weighted by atomic mass is 35.5. The molecule has 23 heavy (non-hydrogen) atoms. The maximum atomic E-state index is 13.1. The number of rotatable bonds is 2. The molecule has 2 fully saturated rings. The van der Waals surface area contributed by atoms with Crippen LogP contribution in [0.25, 0.3) is 0 Å². The van der Waals surface area contributed by atoms with Crippen molar-refractivity contribution < 1.29 is 9.59 Å². The van der Waals surface area contributed by atoms with Gasteiger partial charge in [0.25, 0.3) is 0 Å². The standard InChI is InChI=1S/C16H20ClN3O2S/c1-11(21)20-10-23-9-15(20)16(22)19-7-6-18-8-14(19)12-4-2-3-5-13(12)17/h2-5,14-15,18H,6-10H2,1H3. The molecule has 1 N–H and O–H groups in total. The molecule has 2 saturated heterocycles. The van der Waals surface area contributed by atoms with Crippen molar-refractivity contribution in [2.45, 2.75) is 19.0 Å². The number of thioether (sulfide) groups is 1. The SMILES string of the molecule is CC(=O)N1CSCC1C(=O)N1CCNCC1c1ccccc1Cl. The Balaban J connectivity index is 1.85. The Kier molecular flexibility index (Phi) is 5.14. The van der Waals surface area contributed by atoms with Gasteiger partial charge in [0.1, 0.15) is 6.04 Å². The predicted molar refractivity (Wildman–Crippen MR) is 92.4 cm³/mol. The number of hydrogen-bond donors (Lipinski definition) is 1. The number of nitrogens with zero attached hydrogens (tertiary/aromatic N) is 2. The van der Waals surface area contributed by atoms with E-state index < -0.39 is 0 Å². The highest BCUT2D eigenvalue weighted by Gasteiger charge is 2.39. The Bertz CT molecular complexity index is 613. The zero-order chi connectivity index (χ0) is 16.4. The van der Waals surface area contributed by atoms with Crippen LogP contribution in [-0.2, 0) is 9.59 Å². The predicted octanol–water partition coefficient (Wildman–Crippen LogP) is 1.73. The first-order chi connectivity index (χ1) is 11.1. The summed E-state index contributed by atoms with van der Waals surface area (Å²) < 4.78 is 0. The fraction of sp³-hybridized carbons (Fsp3) is 0.500. The van der Waals surface area contributed by atoms with E-state index in [1.807, 2.05) is 29.2 Å². The molecular weight excluding hydrogens is 334 g/mol. The van der Waals surface area contributed by atoms with Crippen molar-refractivity contribution >= 4 is 35.2 Å². The summed E-state index contributed by atoms with van der Waals surface area (Å²) in [6, 6.07) is 7.18. The van der Waals surface area contributed by atoms with Crippen molar-refractivity contribution in [3.05, 3.63) is 34.9 Å². The van der Waals surface area contributed by atoms with Gasteiger partial charge in [0.15, 0.2) is 0 Å². The molecule has 1 aromatic rings. The molecule has 0 spiro atoms. The molecule has 0 saturated carbocycles. The third-order valence-electron chi connectivity index (χ3n) is 4.36. The molecule has 2 aliphatic rings. The molecule has 3 rings (SSSR count). The molecule has 2 atom stereocenters. The summed E-state index contributed by atoms with van der Waals surface area (Å²) in [5.74, 6) is 1.24. The van der Waals surface area contributed by atoms with Gasteiger partial charge < -0.3 is 15.1 Å². The normalized spacial score (nSPS) is 24.8. The van der Waals surface area contributed by atoms with Gasteiger partial charge in [-0.15, -0.1) is 11.8 Å². The zero-order valence-electron chi connectivity index (χ0n) is 13.0. The van der Waals surface area contributed by atoms with Crippen LogP contribution in [0.5, 0.6) is 0 Å². The average Bonchev–Trinajstić information content (AvgIpc) is 3.04. The maximum Gasteiger partial charge on any atom is 0.246 e. The number of benzene rings is 1.